The van der Waals surface area contributed by atoms with E-state index in [-0.39, 0.29) is 51.0 Å². The number of methoxy groups -OCH3 is 2. The van der Waals surface area contributed by atoms with Crippen molar-refractivity contribution in [3.8, 4) is 11.8 Å². The van der Waals surface area contributed by atoms with E-state index in [0.29, 0.717) is 25.3 Å². The molecule has 240 valence electrons. The van der Waals surface area contributed by atoms with E-state index < -0.39 is 37.7 Å². The van der Waals surface area contributed by atoms with Gasteiger partial charge in [0, 0.05) is 22.7 Å². The van der Waals surface area contributed by atoms with Crippen LogP contribution in [0.4, 0.5) is 30.4 Å². The molecule has 2 aromatic heterocycles. The number of sulfone groups is 1. The van der Waals surface area contributed by atoms with Crippen molar-refractivity contribution < 1.29 is 45.8 Å². The summed E-state index contributed by atoms with van der Waals surface area (Å²) in [7, 11) is -3.08. The molecule has 0 atom stereocenters. The van der Waals surface area contributed by atoms with Crippen LogP contribution in [-0.4, -0.2) is 71.2 Å². The minimum atomic E-state index is -5.67. The number of nitrogens with one attached hydrogen (secondary N) is 3. The number of aromatic nitrogens is 3. The van der Waals surface area contributed by atoms with Gasteiger partial charge in [-0.3, -0.25) is 9.59 Å². The summed E-state index contributed by atoms with van der Waals surface area (Å²) in [5, 5.41) is 18.7. The Kier molecular flexibility index (Phi) is 7.68. The van der Waals surface area contributed by atoms with Gasteiger partial charge < -0.3 is 30.5 Å². The van der Waals surface area contributed by atoms with Crippen LogP contribution >= 0.6 is 0 Å². The van der Waals surface area contributed by atoms with E-state index in [0.717, 1.165) is 18.3 Å². The highest BCUT2D eigenvalue weighted by atomic mass is 32.2. The number of alkyl halides is 3. The number of hydrogen-bond acceptors (Lipinski definition) is 11. The summed E-state index contributed by atoms with van der Waals surface area (Å²) < 4.78 is 73.3. The normalized spacial score (nSPS) is 20.7. The van der Waals surface area contributed by atoms with Crippen molar-refractivity contribution in [3.05, 3.63) is 54.0 Å². The molecule has 0 spiro atoms. The summed E-state index contributed by atoms with van der Waals surface area (Å²) in [4.78, 5) is 38.2. The van der Waals surface area contributed by atoms with Crippen LogP contribution in [0.3, 0.4) is 0 Å². The Morgan fingerprint density at radius 1 is 0.978 bits per heavy atom. The molecule has 0 aliphatic heterocycles. The zero-order valence-corrected chi connectivity index (χ0v) is 25.3. The first-order chi connectivity index (χ1) is 20.9. The van der Waals surface area contributed by atoms with Crippen LogP contribution in [0.15, 0.2) is 47.8 Å². The fraction of sp³-hybridized carbons (Fsp3) is 0.393. The molecule has 0 unspecified atom stereocenters. The van der Waals surface area contributed by atoms with E-state index in [1.54, 1.807) is 13.8 Å². The molecule has 3 aromatic rings. The minimum Gasteiger partial charge on any atom is -0.481 e. The third-order valence-electron chi connectivity index (χ3n) is 8.23. The molecule has 2 bridgehead atoms. The van der Waals surface area contributed by atoms with Crippen molar-refractivity contribution in [2.24, 2.45) is 5.41 Å². The number of carbonyl (C=O) groups excluding carboxylic acids is 2. The first kappa shape index (κ1) is 31.9. The van der Waals surface area contributed by atoms with Crippen LogP contribution in [0, 0.1) is 5.41 Å². The highest BCUT2D eigenvalue weighted by Crippen LogP contribution is 2.72. The lowest BCUT2D eigenvalue weighted by molar-refractivity contribution is -0.230. The lowest BCUT2D eigenvalue weighted by Crippen LogP contribution is -2.77. The SMILES string of the molecule is COc1cc(C(=O)Nc2cccc(S(=O)(=O)C(F)(F)F)c2)c(NC(=O)c2c(NC34CC(C(C)(C)O)(C3)C4)ncnc2OC)cn1. The number of pyridine rings is 1. The van der Waals surface area contributed by atoms with Crippen molar-refractivity contribution in [3.63, 3.8) is 0 Å². The molecule has 45 heavy (non-hydrogen) atoms. The van der Waals surface area contributed by atoms with Crippen LogP contribution in [0.25, 0.3) is 0 Å². The summed E-state index contributed by atoms with van der Waals surface area (Å²) in [6.07, 6.45) is 4.34. The Hall–Kier alpha value is -4.51. The predicted molar refractivity (Wildman–Crippen MR) is 154 cm³/mol. The molecule has 1 aromatic carbocycles. The van der Waals surface area contributed by atoms with Crippen LogP contribution in [0.5, 0.6) is 11.8 Å². The van der Waals surface area contributed by atoms with Gasteiger partial charge in [0.1, 0.15) is 17.7 Å². The zero-order chi connectivity index (χ0) is 33.0. The van der Waals surface area contributed by atoms with Gasteiger partial charge in [0.15, 0.2) is 0 Å². The van der Waals surface area contributed by atoms with E-state index in [1.807, 2.05) is 0 Å². The largest absolute Gasteiger partial charge is 0.501 e. The van der Waals surface area contributed by atoms with Gasteiger partial charge in [-0.05, 0) is 51.3 Å². The Morgan fingerprint density at radius 2 is 1.67 bits per heavy atom. The summed E-state index contributed by atoms with van der Waals surface area (Å²) in [6.45, 7) is 3.53. The quantitative estimate of drug-likeness (QED) is 0.251. The van der Waals surface area contributed by atoms with Gasteiger partial charge in [0.05, 0.1) is 42.2 Å². The Bertz CT molecular complexity index is 1770. The number of ether oxygens (including phenoxy) is 2. The standard InChI is InChI=1S/C28H29F3N6O7S/c1-25(2,40)26-11-27(12-26,13-26)37-21-20(24(44-4)34-14-33-21)23(39)36-18-10-32-19(43-3)9-17(18)22(38)35-15-6-5-7-16(8-15)45(41,42)28(29,30)31/h5-10,14,40H,11-13H2,1-4H3,(H,35,38)(H,36,39)(H,33,34,37). The van der Waals surface area contributed by atoms with Gasteiger partial charge in [0.2, 0.25) is 11.8 Å². The maximum absolute atomic E-state index is 13.7. The molecule has 3 fully saturated rings. The van der Waals surface area contributed by atoms with Crippen LogP contribution in [0.1, 0.15) is 53.8 Å². The molecule has 0 radical (unpaired) electrons. The fourth-order valence-corrected chi connectivity index (χ4v) is 6.54. The number of benzene rings is 1. The smallest absolute Gasteiger partial charge is 0.481 e. The fourth-order valence-electron chi connectivity index (χ4n) is 5.74. The highest BCUT2D eigenvalue weighted by molar-refractivity contribution is 7.92. The maximum atomic E-state index is 13.7. The minimum absolute atomic E-state index is 0.0288. The Balaban J connectivity index is 1.41. The molecule has 2 heterocycles. The van der Waals surface area contributed by atoms with Gasteiger partial charge >= 0.3 is 5.51 Å². The predicted octanol–water partition coefficient (Wildman–Crippen LogP) is 3.79. The maximum Gasteiger partial charge on any atom is 0.501 e. The van der Waals surface area contributed by atoms with Gasteiger partial charge in [0.25, 0.3) is 21.7 Å². The summed E-state index contributed by atoms with van der Waals surface area (Å²) >= 11 is 0. The highest BCUT2D eigenvalue weighted by Gasteiger charge is 2.73. The third kappa shape index (κ3) is 5.61. The summed E-state index contributed by atoms with van der Waals surface area (Å²) in [5.74, 6) is -1.63. The van der Waals surface area contributed by atoms with Crippen LogP contribution < -0.4 is 25.4 Å². The number of nitrogens with zero attached hydrogens (tertiary/aromatic N) is 3. The molecule has 3 aliphatic rings. The van der Waals surface area contributed by atoms with Crippen molar-refractivity contribution >= 4 is 38.8 Å². The van der Waals surface area contributed by atoms with Crippen molar-refractivity contribution in [2.45, 2.75) is 54.7 Å². The molecular weight excluding hydrogens is 621 g/mol. The number of carbonyl (C=O) groups is 2. The molecular formula is C28H29F3N6O7S. The number of hydrogen-bond donors (Lipinski definition) is 4. The molecule has 3 saturated carbocycles. The summed E-state index contributed by atoms with van der Waals surface area (Å²) in [6, 6.07) is 4.82. The lowest BCUT2D eigenvalue weighted by Gasteiger charge is -2.74. The van der Waals surface area contributed by atoms with Gasteiger partial charge in [-0.15, -0.1) is 0 Å². The molecule has 3 aliphatic carbocycles. The van der Waals surface area contributed by atoms with Crippen molar-refractivity contribution in [2.75, 3.05) is 30.2 Å². The zero-order valence-electron chi connectivity index (χ0n) is 24.4. The van der Waals surface area contributed by atoms with E-state index >= 15 is 0 Å². The van der Waals surface area contributed by atoms with Gasteiger partial charge in [-0.25, -0.2) is 23.4 Å². The number of anilines is 3. The molecule has 4 N–H and O–H groups in total. The van der Waals surface area contributed by atoms with Gasteiger partial charge in [-0.1, -0.05) is 6.07 Å². The van der Waals surface area contributed by atoms with Gasteiger partial charge in [-0.2, -0.15) is 13.2 Å². The number of halogens is 3. The summed E-state index contributed by atoms with van der Waals surface area (Å²) in [5.41, 5.74) is -7.69. The molecule has 13 nitrogen and oxygen atoms in total. The first-order valence-corrected chi connectivity index (χ1v) is 14.9. The number of amides is 2. The average Bonchev–Trinajstić information content (AvgIpc) is 2.92. The second-order valence-corrected chi connectivity index (χ2v) is 13.5. The monoisotopic (exact) mass is 650 g/mol. The molecule has 6 rings (SSSR count). The van der Waals surface area contributed by atoms with E-state index in [4.69, 9.17) is 9.47 Å². The molecule has 2 amide bonds. The number of aliphatic hydroxyl groups is 1. The van der Waals surface area contributed by atoms with Crippen molar-refractivity contribution in [1.82, 2.24) is 15.0 Å². The average molecular weight is 651 g/mol. The lowest BCUT2D eigenvalue weighted by atomic mass is 9.35. The molecule has 0 saturated heterocycles. The van der Waals surface area contributed by atoms with E-state index in [9.17, 15) is 36.3 Å². The molecule has 17 heteroatoms. The second-order valence-electron chi connectivity index (χ2n) is 11.5. The first-order valence-electron chi connectivity index (χ1n) is 13.4. The van der Waals surface area contributed by atoms with E-state index in [2.05, 4.69) is 30.9 Å². The van der Waals surface area contributed by atoms with Crippen molar-refractivity contribution in [1.29, 1.82) is 0 Å². The third-order valence-corrected chi connectivity index (χ3v) is 9.72. The van der Waals surface area contributed by atoms with Crippen LogP contribution in [0.2, 0.25) is 0 Å². The topological polar surface area (TPSA) is 182 Å². The van der Waals surface area contributed by atoms with E-state index in [1.165, 1.54) is 32.7 Å². The Morgan fingerprint density at radius 3 is 2.27 bits per heavy atom. The Labute approximate surface area is 255 Å². The number of rotatable bonds is 10. The van der Waals surface area contributed by atoms with Crippen LogP contribution in [-0.2, 0) is 9.84 Å². The second kappa shape index (κ2) is 10.8.